The van der Waals surface area contributed by atoms with E-state index in [1.165, 1.54) is 0 Å². The van der Waals surface area contributed by atoms with Crippen molar-refractivity contribution in [2.24, 2.45) is 0 Å². The van der Waals surface area contributed by atoms with Crippen molar-refractivity contribution in [1.29, 1.82) is 0 Å². The lowest BCUT2D eigenvalue weighted by Crippen LogP contribution is -1.92. The zero-order chi connectivity index (χ0) is 10.2. The summed E-state index contributed by atoms with van der Waals surface area (Å²) in [5, 5.41) is 0. The number of Topliss-reactive ketones (excluding diaryl/α,β-unsaturated/α-hetero) is 1. The number of benzene rings is 1. The van der Waals surface area contributed by atoms with Gasteiger partial charge in [-0.05, 0) is 24.5 Å². The van der Waals surface area contributed by atoms with Crippen molar-refractivity contribution < 1.29 is 4.79 Å². The third-order valence-electron chi connectivity index (χ3n) is 1.88. The van der Waals surface area contributed by atoms with Crippen LogP contribution < -0.4 is 0 Å². The van der Waals surface area contributed by atoms with Gasteiger partial charge in [0, 0.05) is 12.0 Å². The number of ketones is 1. The summed E-state index contributed by atoms with van der Waals surface area (Å²) in [6.07, 6.45) is 2.55. The van der Waals surface area contributed by atoms with Gasteiger partial charge in [-0.2, -0.15) is 0 Å². The van der Waals surface area contributed by atoms with Crippen molar-refractivity contribution in [2.75, 3.05) is 0 Å². The number of rotatable bonds is 3. The molecule has 0 saturated carbocycles. The van der Waals surface area contributed by atoms with Gasteiger partial charge in [0.2, 0.25) is 5.78 Å². The second-order valence-corrected chi connectivity index (χ2v) is 3.14. The molecule has 1 nitrogen and oxygen atoms in total. The highest BCUT2D eigenvalue weighted by Gasteiger charge is 1.94. The Kier molecular flexibility index (Phi) is 4.50. The topological polar surface area (TPSA) is 17.1 Å². The average Bonchev–Trinajstić information content (AvgIpc) is 2.25. The molecule has 1 rings (SSSR count). The molecule has 0 fully saturated rings. The molecule has 0 aromatic heterocycles. The molecule has 0 radical (unpaired) electrons. The lowest BCUT2D eigenvalue weighted by molar-refractivity contribution is -0.113. The first kappa shape index (κ1) is 10.5. The highest BCUT2D eigenvalue weighted by molar-refractivity contribution is 5.95. The summed E-state index contributed by atoms with van der Waals surface area (Å²) in [5.41, 5.74) is 0.900. The monoisotopic (exact) mass is 186 g/mol. The molecule has 0 aliphatic heterocycles. The third kappa shape index (κ3) is 3.91. The van der Waals surface area contributed by atoms with Crippen LogP contribution in [0.5, 0.6) is 0 Å². The predicted octanol–water partition coefficient (Wildman–Crippen LogP) is 2.80. The molecule has 0 heterocycles. The highest BCUT2D eigenvalue weighted by atomic mass is 16.1. The number of carbonyl (C=O) groups excluding carboxylic acids is 1. The van der Waals surface area contributed by atoms with E-state index in [-0.39, 0.29) is 5.78 Å². The van der Waals surface area contributed by atoms with Gasteiger partial charge < -0.3 is 0 Å². The van der Waals surface area contributed by atoms with Crippen LogP contribution in [0.15, 0.2) is 30.3 Å². The smallest absolute Gasteiger partial charge is 0.205 e. The molecule has 0 amide bonds. The largest absolute Gasteiger partial charge is 0.285 e. The van der Waals surface area contributed by atoms with Crippen LogP contribution in [0.1, 0.15) is 31.7 Å². The molecule has 0 aliphatic rings. The van der Waals surface area contributed by atoms with E-state index < -0.39 is 0 Å². The maximum atomic E-state index is 11.2. The summed E-state index contributed by atoms with van der Waals surface area (Å²) in [7, 11) is 0. The van der Waals surface area contributed by atoms with Crippen LogP contribution in [0.2, 0.25) is 0 Å². The summed E-state index contributed by atoms with van der Waals surface area (Å²) >= 11 is 0. The van der Waals surface area contributed by atoms with E-state index in [1.54, 1.807) is 0 Å². The van der Waals surface area contributed by atoms with Gasteiger partial charge in [0.25, 0.3) is 0 Å². The van der Waals surface area contributed by atoms with Crippen LogP contribution in [0.25, 0.3) is 0 Å². The average molecular weight is 186 g/mol. The molecule has 0 bridgehead atoms. The molecule has 0 saturated heterocycles. The van der Waals surface area contributed by atoms with Gasteiger partial charge in [0.1, 0.15) is 0 Å². The van der Waals surface area contributed by atoms with Gasteiger partial charge in [-0.1, -0.05) is 37.5 Å². The van der Waals surface area contributed by atoms with E-state index in [0.717, 1.165) is 18.4 Å². The normalized spacial score (nSPS) is 8.93. The minimum atomic E-state index is 0.0377. The lowest BCUT2D eigenvalue weighted by Gasteiger charge is -1.89. The highest BCUT2D eigenvalue weighted by Crippen LogP contribution is 1.97. The molecule has 0 spiro atoms. The predicted molar refractivity (Wildman–Crippen MR) is 57.9 cm³/mol. The second kappa shape index (κ2) is 5.99. The molecule has 1 aromatic rings. The fourth-order valence-corrected chi connectivity index (χ4v) is 1.06. The Balaban J connectivity index is 2.51. The summed E-state index contributed by atoms with van der Waals surface area (Å²) < 4.78 is 0. The summed E-state index contributed by atoms with van der Waals surface area (Å²) in [5.74, 6) is 5.54. The second-order valence-electron chi connectivity index (χ2n) is 3.14. The maximum absolute atomic E-state index is 11.2. The quantitative estimate of drug-likeness (QED) is 0.663. The first-order chi connectivity index (χ1) is 6.83. The number of hydrogen-bond acceptors (Lipinski definition) is 1. The summed E-state index contributed by atoms with van der Waals surface area (Å²) in [4.78, 5) is 11.2. The van der Waals surface area contributed by atoms with Gasteiger partial charge in [-0.15, -0.1) is 0 Å². The molecular formula is C13H14O. The van der Waals surface area contributed by atoms with Crippen molar-refractivity contribution in [3.8, 4) is 11.8 Å². The fourth-order valence-electron chi connectivity index (χ4n) is 1.06. The van der Waals surface area contributed by atoms with Gasteiger partial charge in [-0.25, -0.2) is 0 Å². The Hall–Kier alpha value is -1.55. The van der Waals surface area contributed by atoms with E-state index in [1.807, 2.05) is 30.3 Å². The van der Waals surface area contributed by atoms with Crippen LogP contribution in [0.4, 0.5) is 0 Å². The minimum absolute atomic E-state index is 0.0377. The molecule has 0 aliphatic carbocycles. The first-order valence-corrected chi connectivity index (χ1v) is 4.93. The van der Waals surface area contributed by atoms with Crippen LogP contribution in [-0.4, -0.2) is 5.78 Å². The lowest BCUT2D eigenvalue weighted by atomic mass is 10.1. The molecule has 14 heavy (non-hydrogen) atoms. The van der Waals surface area contributed by atoms with E-state index in [2.05, 4.69) is 18.8 Å². The Morgan fingerprint density at radius 3 is 2.64 bits per heavy atom. The Bertz CT molecular complexity index is 340. The van der Waals surface area contributed by atoms with Gasteiger partial charge in [0.05, 0.1) is 0 Å². The maximum Gasteiger partial charge on any atom is 0.205 e. The van der Waals surface area contributed by atoms with E-state index in [0.29, 0.717) is 6.42 Å². The van der Waals surface area contributed by atoms with E-state index in [4.69, 9.17) is 0 Å². The molecule has 72 valence electrons. The number of hydrogen-bond donors (Lipinski definition) is 0. The molecule has 1 aromatic carbocycles. The fraction of sp³-hybridized carbons (Fsp3) is 0.308. The van der Waals surface area contributed by atoms with Crippen LogP contribution in [0, 0.1) is 11.8 Å². The number of carbonyl (C=O) groups is 1. The molecule has 0 atom stereocenters. The van der Waals surface area contributed by atoms with Gasteiger partial charge in [0.15, 0.2) is 0 Å². The summed E-state index contributed by atoms with van der Waals surface area (Å²) in [6.45, 7) is 2.07. The van der Waals surface area contributed by atoms with Gasteiger partial charge >= 0.3 is 0 Å². The summed E-state index contributed by atoms with van der Waals surface area (Å²) in [6, 6.07) is 9.57. The molecule has 1 heteroatoms. The van der Waals surface area contributed by atoms with Crippen LogP contribution >= 0.6 is 0 Å². The van der Waals surface area contributed by atoms with Crippen molar-refractivity contribution in [2.45, 2.75) is 26.2 Å². The SMILES string of the molecule is CCCCC(=O)C#Cc1ccccc1. The number of unbranched alkanes of at least 4 members (excludes halogenated alkanes) is 1. The molecule has 0 N–H and O–H groups in total. The van der Waals surface area contributed by atoms with Gasteiger partial charge in [-0.3, -0.25) is 4.79 Å². The molecular weight excluding hydrogens is 172 g/mol. The third-order valence-corrected chi connectivity index (χ3v) is 1.88. The van der Waals surface area contributed by atoms with Crippen LogP contribution in [0.3, 0.4) is 0 Å². The van der Waals surface area contributed by atoms with Crippen molar-refractivity contribution in [3.05, 3.63) is 35.9 Å². The van der Waals surface area contributed by atoms with Crippen molar-refractivity contribution in [1.82, 2.24) is 0 Å². The van der Waals surface area contributed by atoms with Crippen molar-refractivity contribution in [3.63, 3.8) is 0 Å². The van der Waals surface area contributed by atoms with E-state index >= 15 is 0 Å². The Morgan fingerprint density at radius 1 is 1.29 bits per heavy atom. The Morgan fingerprint density at radius 2 is 2.00 bits per heavy atom. The zero-order valence-corrected chi connectivity index (χ0v) is 8.42. The first-order valence-electron chi connectivity index (χ1n) is 4.93. The zero-order valence-electron chi connectivity index (χ0n) is 8.42. The minimum Gasteiger partial charge on any atom is -0.285 e. The van der Waals surface area contributed by atoms with Crippen molar-refractivity contribution >= 4 is 5.78 Å². The molecule has 0 unspecified atom stereocenters. The van der Waals surface area contributed by atoms with Crippen LogP contribution in [-0.2, 0) is 4.79 Å². The standard InChI is InChI=1S/C13H14O/c1-2-3-9-13(14)11-10-12-7-5-4-6-8-12/h4-8H,2-3,9H2,1H3. The Labute approximate surface area is 85.1 Å². The van der Waals surface area contributed by atoms with E-state index in [9.17, 15) is 4.79 Å².